The zero-order chi connectivity index (χ0) is 13.4. The second-order valence-corrected chi connectivity index (χ2v) is 4.34. The Morgan fingerprint density at radius 3 is 2.72 bits per heavy atom. The molecule has 0 amide bonds. The highest BCUT2D eigenvalue weighted by molar-refractivity contribution is 5.17. The first-order valence-electron chi connectivity index (χ1n) is 6.40. The van der Waals surface area contributed by atoms with Gasteiger partial charge in [0.15, 0.2) is 0 Å². The van der Waals surface area contributed by atoms with Crippen molar-refractivity contribution in [3.8, 4) is 6.01 Å². The van der Waals surface area contributed by atoms with Crippen molar-refractivity contribution in [2.75, 3.05) is 19.8 Å². The molecule has 0 unspecified atom stereocenters. The van der Waals surface area contributed by atoms with Crippen molar-refractivity contribution in [3.63, 3.8) is 0 Å². The van der Waals surface area contributed by atoms with Crippen LogP contribution in [0.15, 0.2) is 6.20 Å². The van der Waals surface area contributed by atoms with Crippen molar-refractivity contribution in [1.82, 2.24) is 15.3 Å². The average Bonchev–Trinajstić information content (AvgIpc) is 2.33. The summed E-state index contributed by atoms with van der Waals surface area (Å²) in [6.45, 7) is 10.7. The van der Waals surface area contributed by atoms with E-state index in [4.69, 9.17) is 9.47 Å². The summed E-state index contributed by atoms with van der Waals surface area (Å²) in [5, 5.41) is 3.34. The van der Waals surface area contributed by atoms with Crippen LogP contribution in [-0.4, -0.2) is 35.8 Å². The van der Waals surface area contributed by atoms with E-state index in [1.54, 1.807) is 0 Å². The molecule has 0 saturated carbocycles. The SMILES string of the molecule is CCOCCOc1ncc(CNC(C)C)c(C)n1. The monoisotopic (exact) mass is 253 g/mol. The maximum Gasteiger partial charge on any atom is 0.316 e. The van der Waals surface area contributed by atoms with Crippen molar-refractivity contribution < 1.29 is 9.47 Å². The number of rotatable bonds is 8. The fraction of sp³-hybridized carbons (Fsp3) is 0.692. The molecular weight excluding hydrogens is 230 g/mol. The summed E-state index contributed by atoms with van der Waals surface area (Å²) in [4.78, 5) is 8.51. The number of aryl methyl sites for hydroxylation is 1. The van der Waals surface area contributed by atoms with Crippen LogP contribution in [0.2, 0.25) is 0 Å². The first-order valence-corrected chi connectivity index (χ1v) is 6.40. The van der Waals surface area contributed by atoms with Crippen molar-refractivity contribution in [3.05, 3.63) is 17.5 Å². The number of hydrogen-bond acceptors (Lipinski definition) is 5. The van der Waals surface area contributed by atoms with Gasteiger partial charge in [-0.2, -0.15) is 0 Å². The van der Waals surface area contributed by atoms with Crippen LogP contribution in [-0.2, 0) is 11.3 Å². The van der Waals surface area contributed by atoms with E-state index in [9.17, 15) is 0 Å². The molecule has 0 atom stereocenters. The minimum absolute atomic E-state index is 0.417. The molecule has 0 saturated heterocycles. The zero-order valence-electron chi connectivity index (χ0n) is 11.7. The van der Waals surface area contributed by atoms with Crippen molar-refractivity contribution >= 4 is 0 Å². The second-order valence-electron chi connectivity index (χ2n) is 4.34. The summed E-state index contributed by atoms with van der Waals surface area (Å²) < 4.78 is 10.6. The van der Waals surface area contributed by atoms with Gasteiger partial charge in [-0.25, -0.2) is 9.97 Å². The van der Waals surface area contributed by atoms with Crippen LogP contribution in [0.4, 0.5) is 0 Å². The maximum absolute atomic E-state index is 5.40. The Morgan fingerprint density at radius 1 is 1.33 bits per heavy atom. The lowest BCUT2D eigenvalue weighted by Gasteiger charge is -2.10. The van der Waals surface area contributed by atoms with E-state index in [2.05, 4.69) is 29.1 Å². The Hall–Kier alpha value is -1.20. The fourth-order valence-corrected chi connectivity index (χ4v) is 1.36. The summed E-state index contributed by atoms with van der Waals surface area (Å²) >= 11 is 0. The standard InChI is InChI=1S/C13H23N3O2/c1-5-17-6-7-18-13-15-9-12(11(4)16-13)8-14-10(2)3/h9-10,14H,5-8H2,1-4H3. The van der Waals surface area contributed by atoms with Crippen LogP contribution in [0.3, 0.4) is 0 Å². The molecule has 102 valence electrons. The summed E-state index contributed by atoms with van der Waals surface area (Å²) in [6.07, 6.45) is 1.81. The molecule has 1 aromatic rings. The number of aromatic nitrogens is 2. The molecule has 0 bridgehead atoms. The quantitative estimate of drug-likeness (QED) is 0.715. The second kappa shape index (κ2) is 8.00. The van der Waals surface area contributed by atoms with Crippen molar-refractivity contribution in [2.24, 2.45) is 0 Å². The van der Waals surface area contributed by atoms with Crippen LogP contribution in [0, 0.1) is 6.92 Å². The van der Waals surface area contributed by atoms with E-state index in [0.717, 1.165) is 17.8 Å². The van der Waals surface area contributed by atoms with E-state index in [0.29, 0.717) is 31.9 Å². The molecule has 1 rings (SSSR count). The summed E-state index contributed by atoms with van der Waals surface area (Å²) in [6, 6.07) is 0.868. The van der Waals surface area contributed by atoms with Crippen LogP contribution in [0.5, 0.6) is 6.01 Å². The van der Waals surface area contributed by atoms with E-state index in [-0.39, 0.29) is 0 Å². The van der Waals surface area contributed by atoms with Crippen LogP contribution in [0.1, 0.15) is 32.0 Å². The molecule has 5 heteroatoms. The smallest absolute Gasteiger partial charge is 0.316 e. The molecule has 5 nitrogen and oxygen atoms in total. The first-order chi connectivity index (χ1) is 8.63. The van der Waals surface area contributed by atoms with E-state index in [1.165, 1.54) is 0 Å². The van der Waals surface area contributed by atoms with Crippen LogP contribution >= 0.6 is 0 Å². The molecule has 1 N–H and O–H groups in total. The normalized spacial score (nSPS) is 10.9. The summed E-state index contributed by atoms with van der Waals surface area (Å²) in [5.74, 6) is 0. The molecule has 1 aromatic heterocycles. The average molecular weight is 253 g/mol. The van der Waals surface area contributed by atoms with Gasteiger partial charge in [-0.1, -0.05) is 13.8 Å². The van der Waals surface area contributed by atoms with Gasteiger partial charge in [0.25, 0.3) is 0 Å². The lowest BCUT2D eigenvalue weighted by atomic mass is 10.2. The predicted molar refractivity (Wildman–Crippen MR) is 70.7 cm³/mol. The van der Waals surface area contributed by atoms with Gasteiger partial charge in [-0.3, -0.25) is 0 Å². The summed E-state index contributed by atoms with van der Waals surface area (Å²) in [7, 11) is 0. The minimum atomic E-state index is 0.417. The largest absolute Gasteiger partial charge is 0.461 e. The Labute approximate surface area is 109 Å². The topological polar surface area (TPSA) is 56.3 Å². The Morgan fingerprint density at radius 2 is 2.11 bits per heavy atom. The highest BCUT2D eigenvalue weighted by Gasteiger charge is 2.04. The van der Waals surface area contributed by atoms with E-state index >= 15 is 0 Å². The molecule has 0 aliphatic rings. The first kappa shape index (κ1) is 14.9. The number of nitrogens with one attached hydrogen (secondary N) is 1. The highest BCUT2D eigenvalue weighted by atomic mass is 16.5. The number of hydrogen-bond donors (Lipinski definition) is 1. The molecule has 0 aliphatic heterocycles. The number of nitrogens with zero attached hydrogens (tertiary/aromatic N) is 2. The van der Waals surface area contributed by atoms with Crippen LogP contribution in [0.25, 0.3) is 0 Å². The van der Waals surface area contributed by atoms with Gasteiger partial charge >= 0.3 is 6.01 Å². The Kier molecular flexibility index (Phi) is 6.60. The van der Waals surface area contributed by atoms with Gasteiger partial charge in [0.2, 0.25) is 0 Å². The Bertz CT molecular complexity index is 356. The summed E-state index contributed by atoms with van der Waals surface area (Å²) in [5.41, 5.74) is 2.05. The van der Waals surface area contributed by atoms with E-state index in [1.807, 2.05) is 20.0 Å². The van der Waals surface area contributed by atoms with Gasteiger partial charge in [0, 0.05) is 36.6 Å². The third-order valence-corrected chi connectivity index (χ3v) is 2.42. The van der Waals surface area contributed by atoms with Gasteiger partial charge < -0.3 is 14.8 Å². The third kappa shape index (κ3) is 5.42. The minimum Gasteiger partial charge on any atom is -0.461 e. The van der Waals surface area contributed by atoms with Crippen molar-refractivity contribution in [1.29, 1.82) is 0 Å². The fourth-order valence-electron chi connectivity index (χ4n) is 1.36. The molecule has 0 aromatic carbocycles. The van der Waals surface area contributed by atoms with Gasteiger partial charge in [0.05, 0.1) is 6.61 Å². The maximum atomic E-state index is 5.40. The molecule has 1 heterocycles. The molecule has 0 radical (unpaired) electrons. The van der Waals surface area contributed by atoms with Gasteiger partial charge in [-0.05, 0) is 13.8 Å². The number of ether oxygens (including phenoxy) is 2. The predicted octanol–water partition coefficient (Wildman–Crippen LogP) is 1.70. The third-order valence-electron chi connectivity index (χ3n) is 2.42. The van der Waals surface area contributed by atoms with E-state index < -0.39 is 0 Å². The zero-order valence-corrected chi connectivity index (χ0v) is 11.7. The van der Waals surface area contributed by atoms with Gasteiger partial charge in [-0.15, -0.1) is 0 Å². The molecule has 0 fully saturated rings. The lowest BCUT2D eigenvalue weighted by Crippen LogP contribution is -2.22. The van der Waals surface area contributed by atoms with Crippen molar-refractivity contribution in [2.45, 2.75) is 40.3 Å². The van der Waals surface area contributed by atoms with Gasteiger partial charge in [0.1, 0.15) is 6.61 Å². The molecule has 0 spiro atoms. The molecule has 18 heavy (non-hydrogen) atoms. The Balaban J connectivity index is 2.46. The lowest BCUT2D eigenvalue weighted by molar-refractivity contribution is 0.106. The molecular formula is C13H23N3O2. The van der Waals surface area contributed by atoms with Crippen LogP contribution < -0.4 is 10.1 Å². The molecule has 0 aliphatic carbocycles. The highest BCUT2D eigenvalue weighted by Crippen LogP contribution is 2.08.